The number of carbonyl (C=O) groups is 2. The second-order valence-electron chi connectivity index (χ2n) is 8.12. The van der Waals surface area contributed by atoms with Crippen LogP contribution in [-0.2, 0) is 11.3 Å². The third-order valence-electron chi connectivity index (χ3n) is 4.21. The number of ether oxygens (including phenoxy) is 2. The van der Waals surface area contributed by atoms with Crippen molar-refractivity contribution in [2.75, 3.05) is 5.32 Å². The molecule has 8 nitrogen and oxygen atoms in total. The van der Waals surface area contributed by atoms with E-state index in [9.17, 15) is 9.59 Å². The summed E-state index contributed by atoms with van der Waals surface area (Å²) in [7, 11) is 0. The number of aryl methyl sites for hydroxylation is 1. The molecule has 2 N–H and O–H groups in total. The summed E-state index contributed by atoms with van der Waals surface area (Å²) in [5, 5.41) is 5.55. The van der Waals surface area contributed by atoms with Crippen LogP contribution in [0.15, 0.2) is 60.9 Å². The van der Waals surface area contributed by atoms with Crippen molar-refractivity contribution < 1.29 is 19.1 Å². The lowest BCUT2D eigenvalue weighted by molar-refractivity contribution is 0.0523. The Morgan fingerprint density at radius 3 is 2.47 bits per heavy atom. The monoisotopic (exact) mass is 434 g/mol. The summed E-state index contributed by atoms with van der Waals surface area (Å²) in [5.41, 5.74) is 2.12. The molecule has 0 aliphatic carbocycles. The molecule has 166 valence electrons. The number of amides is 2. The third kappa shape index (κ3) is 6.80. The van der Waals surface area contributed by atoms with E-state index in [2.05, 4.69) is 20.6 Å². The van der Waals surface area contributed by atoms with Gasteiger partial charge in [-0.05, 0) is 63.1 Å². The van der Waals surface area contributed by atoms with Crippen LogP contribution in [0.5, 0.6) is 11.8 Å². The molecule has 0 saturated carbocycles. The number of anilines is 1. The molecule has 2 aromatic carbocycles. The van der Waals surface area contributed by atoms with E-state index in [0.717, 1.165) is 11.1 Å². The SMILES string of the molecule is Cc1ccc(NC(=O)c2cccc(CNC(=O)OC(C)(C)C)c2)cc1Oc1ncccn1. The fourth-order valence-corrected chi connectivity index (χ4v) is 2.74. The number of benzene rings is 2. The number of carbonyl (C=O) groups excluding carboxylic acids is 2. The van der Waals surface area contributed by atoms with Gasteiger partial charge < -0.3 is 20.1 Å². The van der Waals surface area contributed by atoms with Gasteiger partial charge in [-0.15, -0.1) is 0 Å². The number of hydrogen-bond donors (Lipinski definition) is 2. The van der Waals surface area contributed by atoms with Crippen molar-refractivity contribution >= 4 is 17.7 Å². The molecule has 0 fully saturated rings. The summed E-state index contributed by atoms with van der Waals surface area (Å²) in [6, 6.07) is 14.3. The molecule has 3 rings (SSSR count). The molecule has 32 heavy (non-hydrogen) atoms. The smallest absolute Gasteiger partial charge is 0.407 e. The Bertz CT molecular complexity index is 1090. The highest BCUT2D eigenvalue weighted by Gasteiger charge is 2.16. The average molecular weight is 434 g/mol. The van der Waals surface area contributed by atoms with Crippen molar-refractivity contribution in [2.24, 2.45) is 0 Å². The molecule has 0 saturated heterocycles. The van der Waals surface area contributed by atoms with Crippen molar-refractivity contribution in [2.45, 2.75) is 39.8 Å². The predicted octanol–water partition coefficient (Wildman–Crippen LogP) is 4.85. The van der Waals surface area contributed by atoms with Crippen LogP contribution in [0, 0.1) is 6.92 Å². The first kappa shape index (κ1) is 22.7. The molecule has 0 aliphatic heterocycles. The van der Waals surface area contributed by atoms with Gasteiger partial charge >= 0.3 is 12.1 Å². The summed E-state index contributed by atoms with van der Waals surface area (Å²) in [5.74, 6) is 0.263. The highest BCUT2D eigenvalue weighted by atomic mass is 16.6. The number of aromatic nitrogens is 2. The van der Waals surface area contributed by atoms with E-state index < -0.39 is 11.7 Å². The zero-order valence-corrected chi connectivity index (χ0v) is 18.5. The van der Waals surface area contributed by atoms with Gasteiger partial charge in [0.05, 0.1) is 0 Å². The highest BCUT2D eigenvalue weighted by molar-refractivity contribution is 6.04. The molecular formula is C24H26N4O4. The number of nitrogens with one attached hydrogen (secondary N) is 2. The predicted molar refractivity (Wildman–Crippen MR) is 121 cm³/mol. The normalized spacial score (nSPS) is 10.9. The molecule has 0 bridgehead atoms. The molecule has 0 atom stereocenters. The Morgan fingerprint density at radius 2 is 1.75 bits per heavy atom. The Balaban J connectivity index is 1.65. The van der Waals surface area contributed by atoms with Crippen LogP contribution in [0.1, 0.15) is 42.3 Å². The van der Waals surface area contributed by atoms with Gasteiger partial charge in [-0.2, -0.15) is 0 Å². The fraction of sp³-hybridized carbons (Fsp3) is 0.250. The molecule has 1 aromatic heterocycles. The number of alkyl carbamates (subject to hydrolysis) is 1. The van der Waals surface area contributed by atoms with E-state index in [1.54, 1.807) is 69.6 Å². The van der Waals surface area contributed by atoms with Crippen LogP contribution in [0.2, 0.25) is 0 Å². The molecule has 8 heteroatoms. The summed E-state index contributed by atoms with van der Waals surface area (Å²) >= 11 is 0. The molecule has 2 amide bonds. The van der Waals surface area contributed by atoms with Crippen LogP contribution in [-0.4, -0.2) is 27.6 Å². The second-order valence-corrected chi connectivity index (χ2v) is 8.12. The number of hydrogen-bond acceptors (Lipinski definition) is 6. The van der Waals surface area contributed by atoms with E-state index in [0.29, 0.717) is 17.0 Å². The first-order chi connectivity index (χ1) is 15.2. The van der Waals surface area contributed by atoms with Gasteiger partial charge in [-0.1, -0.05) is 18.2 Å². The van der Waals surface area contributed by atoms with E-state index in [1.165, 1.54) is 0 Å². The van der Waals surface area contributed by atoms with Gasteiger partial charge in [0.25, 0.3) is 5.91 Å². The maximum atomic E-state index is 12.8. The van der Waals surface area contributed by atoms with Crippen molar-refractivity contribution in [3.05, 3.63) is 77.6 Å². The van der Waals surface area contributed by atoms with Crippen LogP contribution in [0.3, 0.4) is 0 Å². The molecule has 0 unspecified atom stereocenters. The molecule has 0 spiro atoms. The summed E-state index contributed by atoms with van der Waals surface area (Å²) < 4.78 is 10.9. The first-order valence-corrected chi connectivity index (χ1v) is 10.1. The van der Waals surface area contributed by atoms with Crippen molar-refractivity contribution in [1.29, 1.82) is 0 Å². The van der Waals surface area contributed by atoms with Crippen LogP contribution >= 0.6 is 0 Å². The van der Waals surface area contributed by atoms with Crippen molar-refractivity contribution in [3.8, 4) is 11.8 Å². The summed E-state index contributed by atoms with van der Waals surface area (Å²) in [6.45, 7) is 7.53. The number of nitrogens with zero attached hydrogens (tertiary/aromatic N) is 2. The lowest BCUT2D eigenvalue weighted by Crippen LogP contribution is -2.32. The van der Waals surface area contributed by atoms with Crippen LogP contribution in [0.25, 0.3) is 0 Å². The Kier molecular flexibility index (Phi) is 7.04. The van der Waals surface area contributed by atoms with Crippen LogP contribution in [0.4, 0.5) is 10.5 Å². The van der Waals surface area contributed by atoms with Crippen molar-refractivity contribution in [3.63, 3.8) is 0 Å². The minimum Gasteiger partial charge on any atom is -0.444 e. The Labute approximate surface area is 187 Å². The molecule has 0 aliphatic rings. The maximum Gasteiger partial charge on any atom is 0.407 e. The topological polar surface area (TPSA) is 102 Å². The van der Waals surface area contributed by atoms with Gasteiger partial charge in [0, 0.05) is 36.3 Å². The standard InChI is InChI=1S/C24H26N4O4/c1-16-9-10-19(14-20(16)31-22-25-11-6-12-26-22)28-21(29)18-8-5-7-17(13-18)15-27-23(30)32-24(2,3)4/h5-14H,15H2,1-4H3,(H,27,30)(H,28,29). The average Bonchev–Trinajstić information content (AvgIpc) is 2.74. The summed E-state index contributed by atoms with van der Waals surface area (Å²) in [4.78, 5) is 32.7. The zero-order chi connectivity index (χ0) is 23.1. The quantitative estimate of drug-likeness (QED) is 0.575. The molecular weight excluding hydrogens is 408 g/mol. The Hall–Kier alpha value is -3.94. The highest BCUT2D eigenvalue weighted by Crippen LogP contribution is 2.26. The second kappa shape index (κ2) is 9.91. The largest absolute Gasteiger partial charge is 0.444 e. The van der Waals surface area contributed by atoms with Gasteiger partial charge in [0.1, 0.15) is 11.4 Å². The van der Waals surface area contributed by atoms with Gasteiger partial charge in [0.15, 0.2) is 0 Å². The Morgan fingerprint density at radius 1 is 1.00 bits per heavy atom. The van der Waals surface area contributed by atoms with Gasteiger partial charge in [0.2, 0.25) is 0 Å². The summed E-state index contributed by atoms with van der Waals surface area (Å²) in [6.07, 6.45) is 2.67. The van der Waals surface area contributed by atoms with E-state index in [-0.39, 0.29) is 18.5 Å². The number of rotatable bonds is 6. The van der Waals surface area contributed by atoms with Crippen LogP contribution < -0.4 is 15.4 Å². The van der Waals surface area contributed by atoms with E-state index in [4.69, 9.17) is 9.47 Å². The maximum absolute atomic E-state index is 12.8. The fourth-order valence-electron chi connectivity index (χ4n) is 2.74. The zero-order valence-electron chi connectivity index (χ0n) is 18.5. The molecule has 0 radical (unpaired) electrons. The minimum absolute atomic E-state index is 0.226. The van der Waals surface area contributed by atoms with Gasteiger partial charge in [-0.3, -0.25) is 4.79 Å². The molecule has 1 heterocycles. The lowest BCUT2D eigenvalue weighted by atomic mass is 10.1. The van der Waals surface area contributed by atoms with Crippen molar-refractivity contribution in [1.82, 2.24) is 15.3 Å². The minimum atomic E-state index is -0.574. The van der Waals surface area contributed by atoms with Gasteiger partial charge in [-0.25, -0.2) is 14.8 Å². The van der Waals surface area contributed by atoms with E-state index in [1.807, 2.05) is 19.1 Å². The molecule has 3 aromatic rings. The lowest BCUT2D eigenvalue weighted by Gasteiger charge is -2.19. The van der Waals surface area contributed by atoms with E-state index >= 15 is 0 Å². The first-order valence-electron chi connectivity index (χ1n) is 10.1. The third-order valence-corrected chi connectivity index (χ3v) is 4.21.